The highest BCUT2D eigenvalue weighted by atomic mass is 32.1. The van der Waals surface area contributed by atoms with Crippen LogP contribution in [0.25, 0.3) is 0 Å². The molecule has 3 heterocycles. The Morgan fingerprint density at radius 1 is 1.26 bits per heavy atom. The van der Waals surface area contributed by atoms with E-state index in [1.54, 1.807) is 22.4 Å². The third kappa shape index (κ3) is 4.21. The average molecular weight is 384 g/mol. The van der Waals surface area contributed by atoms with Crippen molar-refractivity contribution < 1.29 is 9.59 Å². The summed E-state index contributed by atoms with van der Waals surface area (Å²) in [7, 11) is 0. The van der Waals surface area contributed by atoms with Crippen molar-refractivity contribution in [1.82, 2.24) is 15.2 Å². The zero-order valence-electron chi connectivity index (χ0n) is 15.3. The summed E-state index contributed by atoms with van der Waals surface area (Å²) in [5.74, 6) is 0.283. The second-order valence-electron chi connectivity index (χ2n) is 7.54. The van der Waals surface area contributed by atoms with Crippen LogP contribution in [0, 0.1) is 11.8 Å². The zero-order chi connectivity index (χ0) is 18.6. The van der Waals surface area contributed by atoms with Gasteiger partial charge in [-0.25, -0.2) is 0 Å². The van der Waals surface area contributed by atoms with Crippen molar-refractivity contribution in [2.45, 2.75) is 44.7 Å². The summed E-state index contributed by atoms with van der Waals surface area (Å²) >= 11 is 1.70. The molecule has 0 aromatic carbocycles. The molecule has 142 valence electrons. The van der Waals surface area contributed by atoms with E-state index in [0.717, 1.165) is 18.5 Å². The van der Waals surface area contributed by atoms with Gasteiger partial charge in [0.25, 0.3) is 0 Å². The lowest BCUT2D eigenvalue weighted by Crippen LogP contribution is -2.37. The van der Waals surface area contributed by atoms with Crippen molar-refractivity contribution in [2.24, 2.45) is 11.8 Å². The summed E-state index contributed by atoms with van der Waals surface area (Å²) < 4.78 is 0. The second-order valence-corrected chi connectivity index (χ2v) is 8.52. The highest BCUT2D eigenvalue weighted by Gasteiger charge is 2.37. The number of carbonyl (C=O) groups is 2. The number of pyridine rings is 1. The van der Waals surface area contributed by atoms with Gasteiger partial charge in [-0.05, 0) is 42.3 Å². The smallest absolute Gasteiger partial charge is 0.225 e. The Morgan fingerprint density at radius 3 is 2.81 bits per heavy atom. The van der Waals surface area contributed by atoms with E-state index in [4.69, 9.17) is 0 Å². The summed E-state index contributed by atoms with van der Waals surface area (Å²) in [5.41, 5.74) is 0.856. The molecule has 2 amide bonds. The van der Waals surface area contributed by atoms with Crippen LogP contribution in [0.4, 0.5) is 0 Å². The fraction of sp³-hybridized carbons (Fsp3) is 0.476. The molecule has 1 saturated heterocycles. The van der Waals surface area contributed by atoms with Crippen LogP contribution in [-0.2, 0) is 16.1 Å². The predicted octanol–water partition coefficient (Wildman–Crippen LogP) is 3.54. The molecule has 2 aromatic heterocycles. The molecule has 0 spiro atoms. The summed E-state index contributed by atoms with van der Waals surface area (Å²) in [6.07, 6.45) is 6.83. The molecule has 1 aliphatic carbocycles. The van der Waals surface area contributed by atoms with Crippen LogP contribution < -0.4 is 5.32 Å². The lowest BCUT2D eigenvalue weighted by atomic mass is 9.95. The molecule has 1 saturated carbocycles. The van der Waals surface area contributed by atoms with Gasteiger partial charge < -0.3 is 10.2 Å². The Balaban J connectivity index is 1.40. The van der Waals surface area contributed by atoms with Crippen molar-refractivity contribution in [3.05, 3.63) is 52.5 Å². The first-order chi connectivity index (χ1) is 13.2. The van der Waals surface area contributed by atoms with Gasteiger partial charge in [0, 0.05) is 24.0 Å². The van der Waals surface area contributed by atoms with E-state index in [-0.39, 0.29) is 23.8 Å². The standard InChI is InChI=1S/C21H25N3O2S/c25-19-12-16(13-24(19)14-17-8-3-4-10-22-17)21(26)23-20(15-6-1-2-7-15)18-9-5-11-27-18/h3-5,8-11,15-16,20H,1-2,6-7,12-14H2,(H,23,26). The topological polar surface area (TPSA) is 62.3 Å². The van der Waals surface area contributed by atoms with Crippen LogP contribution in [-0.4, -0.2) is 28.2 Å². The first-order valence-corrected chi connectivity index (χ1v) is 10.6. The number of thiophene rings is 1. The number of hydrogen-bond acceptors (Lipinski definition) is 4. The maximum Gasteiger partial charge on any atom is 0.225 e. The molecule has 2 aliphatic rings. The molecule has 5 nitrogen and oxygen atoms in total. The van der Waals surface area contributed by atoms with E-state index >= 15 is 0 Å². The molecule has 6 heteroatoms. The van der Waals surface area contributed by atoms with Crippen LogP contribution in [0.2, 0.25) is 0 Å². The highest BCUT2D eigenvalue weighted by Crippen LogP contribution is 2.37. The predicted molar refractivity (Wildman–Crippen MR) is 105 cm³/mol. The molecular formula is C21H25N3O2S. The third-order valence-electron chi connectivity index (χ3n) is 5.68. The Hall–Kier alpha value is -2.21. The highest BCUT2D eigenvalue weighted by molar-refractivity contribution is 7.10. The van der Waals surface area contributed by atoms with Crippen LogP contribution in [0.1, 0.15) is 48.7 Å². The SMILES string of the molecule is O=C(NC(c1cccs1)C1CCCC1)C1CC(=O)N(Cc2ccccn2)C1. The Kier molecular flexibility index (Phi) is 5.53. The molecular weight excluding hydrogens is 358 g/mol. The molecule has 0 radical (unpaired) electrons. The van der Waals surface area contributed by atoms with Crippen molar-refractivity contribution >= 4 is 23.2 Å². The van der Waals surface area contributed by atoms with Gasteiger partial charge >= 0.3 is 0 Å². The number of aromatic nitrogens is 1. The number of likely N-dealkylation sites (tertiary alicyclic amines) is 1. The first-order valence-electron chi connectivity index (χ1n) is 9.72. The maximum absolute atomic E-state index is 13.0. The van der Waals surface area contributed by atoms with E-state index in [1.165, 1.54) is 17.7 Å². The fourth-order valence-corrected chi connectivity index (χ4v) is 5.11. The number of nitrogens with zero attached hydrogens (tertiary/aromatic N) is 2. The van der Waals surface area contributed by atoms with Crippen LogP contribution >= 0.6 is 11.3 Å². The summed E-state index contributed by atoms with van der Waals surface area (Å²) in [5, 5.41) is 5.35. The molecule has 2 aromatic rings. The van der Waals surface area contributed by atoms with Gasteiger partial charge in [-0.1, -0.05) is 25.0 Å². The van der Waals surface area contributed by atoms with Gasteiger partial charge in [-0.15, -0.1) is 11.3 Å². The number of carbonyl (C=O) groups excluding carboxylic acids is 2. The third-order valence-corrected chi connectivity index (χ3v) is 6.64. The maximum atomic E-state index is 13.0. The van der Waals surface area contributed by atoms with Crippen molar-refractivity contribution in [3.8, 4) is 0 Å². The lowest BCUT2D eigenvalue weighted by Gasteiger charge is -2.25. The van der Waals surface area contributed by atoms with E-state index < -0.39 is 0 Å². The minimum absolute atomic E-state index is 0.0113. The van der Waals surface area contributed by atoms with Crippen LogP contribution in [0.5, 0.6) is 0 Å². The van der Waals surface area contributed by atoms with E-state index in [2.05, 4.69) is 21.7 Å². The Bertz CT molecular complexity index is 772. The summed E-state index contributed by atoms with van der Waals surface area (Å²) in [4.78, 5) is 32.6. The Labute approximate surface area is 163 Å². The van der Waals surface area contributed by atoms with Crippen molar-refractivity contribution in [2.75, 3.05) is 6.54 Å². The van der Waals surface area contributed by atoms with Gasteiger partial charge in [0.15, 0.2) is 0 Å². The molecule has 1 N–H and O–H groups in total. The quantitative estimate of drug-likeness (QED) is 0.830. The summed E-state index contributed by atoms with van der Waals surface area (Å²) in [6, 6.07) is 9.93. The number of nitrogens with one attached hydrogen (secondary N) is 1. The number of rotatable bonds is 6. The molecule has 2 atom stereocenters. The van der Waals surface area contributed by atoms with E-state index in [9.17, 15) is 9.59 Å². The minimum atomic E-state index is -0.273. The molecule has 2 unspecified atom stereocenters. The van der Waals surface area contributed by atoms with Gasteiger partial charge in [0.05, 0.1) is 24.2 Å². The second kappa shape index (κ2) is 8.21. The normalized spacial score (nSPS) is 21.6. The molecule has 27 heavy (non-hydrogen) atoms. The van der Waals surface area contributed by atoms with Gasteiger partial charge in [-0.2, -0.15) is 0 Å². The lowest BCUT2D eigenvalue weighted by molar-refractivity contribution is -0.129. The van der Waals surface area contributed by atoms with E-state index in [0.29, 0.717) is 25.4 Å². The van der Waals surface area contributed by atoms with Gasteiger partial charge in [0.1, 0.15) is 0 Å². The van der Waals surface area contributed by atoms with Crippen LogP contribution in [0.15, 0.2) is 41.9 Å². The number of hydrogen-bond donors (Lipinski definition) is 1. The van der Waals surface area contributed by atoms with Crippen molar-refractivity contribution in [1.29, 1.82) is 0 Å². The monoisotopic (exact) mass is 383 g/mol. The first kappa shape index (κ1) is 18.2. The molecule has 1 aliphatic heterocycles. The van der Waals surface area contributed by atoms with E-state index in [1.807, 2.05) is 24.3 Å². The minimum Gasteiger partial charge on any atom is -0.348 e. The zero-order valence-corrected chi connectivity index (χ0v) is 16.2. The van der Waals surface area contributed by atoms with Crippen molar-refractivity contribution in [3.63, 3.8) is 0 Å². The average Bonchev–Trinajstić information content (AvgIpc) is 3.44. The largest absolute Gasteiger partial charge is 0.348 e. The molecule has 0 bridgehead atoms. The molecule has 4 rings (SSSR count). The number of amides is 2. The van der Waals surface area contributed by atoms with Gasteiger partial charge in [-0.3, -0.25) is 14.6 Å². The summed E-state index contributed by atoms with van der Waals surface area (Å²) in [6.45, 7) is 0.948. The molecule has 2 fully saturated rings. The van der Waals surface area contributed by atoms with Gasteiger partial charge in [0.2, 0.25) is 11.8 Å². The fourth-order valence-electron chi connectivity index (χ4n) is 4.24. The van der Waals surface area contributed by atoms with Crippen LogP contribution in [0.3, 0.4) is 0 Å². The Morgan fingerprint density at radius 2 is 2.11 bits per heavy atom.